The molecule has 3 rings (SSSR count). The standard InChI is InChI=1S/C11H13N3O3/c15-10(16)3-7-5-12-9-4-8(6-1-2-6)13-14(9)11(7)17/h4-6,10,13,15-16H,1-3H2. The van der Waals surface area contributed by atoms with Crippen LogP contribution in [0.3, 0.4) is 0 Å². The molecule has 1 fully saturated rings. The summed E-state index contributed by atoms with van der Waals surface area (Å²) in [6, 6.07) is 1.87. The highest BCUT2D eigenvalue weighted by Gasteiger charge is 2.26. The van der Waals surface area contributed by atoms with E-state index < -0.39 is 6.29 Å². The van der Waals surface area contributed by atoms with E-state index >= 15 is 0 Å². The molecule has 1 saturated carbocycles. The number of rotatable bonds is 3. The first-order chi connectivity index (χ1) is 8.15. The average Bonchev–Trinajstić information content (AvgIpc) is 3.02. The van der Waals surface area contributed by atoms with Gasteiger partial charge in [-0.3, -0.25) is 9.89 Å². The number of aromatic nitrogens is 3. The molecule has 0 spiro atoms. The zero-order valence-electron chi connectivity index (χ0n) is 9.13. The minimum Gasteiger partial charge on any atom is -0.368 e. The number of nitrogens with one attached hydrogen (secondary N) is 1. The molecule has 2 aromatic rings. The van der Waals surface area contributed by atoms with Gasteiger partial charge in [-0.05, 0) is 12.8 Å². The number of aliphatic hydroxyl groups is 2. The predicted molar refractivity (Wildman–Crippen MR) is 59.7 cm³/mol. The molecule has 90 valence electrons. The fraction of sp³-hybridized carbons (Fsp3) is 0.455. The summed E-state index contributed by atoms with van der Waals surface area (Å²) in [6.07, 6.45) is 2.06. The molecule has 0 saturated heterocycles. The molecule has 6 nitrogen and oxygen atoms in total. The minimum atomic E-state index is -1.53. The lowest BCUT2D eigenvalue weighted by Crippen LogP contribution is -2.23. The lowest BCUT2D eigenvalue weighted by molar-refractivity contribution is -0.0384. The maximum atomic E-state index is 12.0. The molecule has 6 heteroatoms. The molecule has 0 radical (unpaired) electrons. The van der Waals surface area contributed by atoms with E-state index in [1.165, 1.54) is 10.7 Å². The number of aromatic amines is 1. The molecule has 1 aliphatic rings. The van der Waals surface area contributed by atoms with Gasteiger partial charge >= 0.3 is 0 Å². The van der Waals surface area contributed by atoms with Crippen molar-refractivity contribution >= 4 is 5.65 Å². The summed E-state index contributed by atoms with van der Waals surface area (Å²) >= 11 is 0. The van der Waals surface area contributed by atoms with Crippen LogP contribution in [0.4, 0.5) is 0 Å². The highest BCUT2D eigenvalue weighted by molar-refractivity contribution is 5.41. The van der Waals surface area contributed by atoms with E-state index in [1.54, 1.807) is 0 Å². The Morgan fingerprint density at radius 1 is 1.53 bits per heavy atom. The van der Waals surface area contributed by atoms with Crippen molar-refractivity contribution < 1.29 is 10.2 Å². The summed E-state index contributed by atoms with van der Waals surface area (Å²) in [7, 11) is 0. The van der Waals surface area contributed by atoms with Crippen molar-refractivity contribution in [3.63, 3.8) is 0 Å². The topological polar surface area (TPSA) is 90.6 Å². The first-order valence-corrected chi connectivity index (χ1v) is 5.61. The van der Waals surface area contributed by atoms with Gasteiger partial charge in [0.2, 0.25) is 0 Å². The van der Waals surface area contributed by atoms with Crippen LogP contribution < -0.4 is 5.56 Å². The van der Waals surface area contributed by atoms with Crippen molar-refractivity contribution in [1.82, 2.24) is 14.6 Å². The summed E-state index contributed by atoms with van der Waals surface area (Å²) in [4.78, 5) is 16.1. The Morgan fingerprint density at radius 2 is 2.29 bits per heavy atom. The van der Waals surface area contributed by atoms with Crippen LogP contribution in [0.5, 0.6) is 0 Å². The minimum absolute atomic E-state index is 0.105. The molecule has 0 bridgehead atoms. The van der Waals surface area contributed by atoms with Crippen molar-refractivity contribution in [2.75, 3.05) is 0 Å². The quantitative estimate of drug-likeness (QED) is 0.640. The monoisotopic (exact) mass is 235 g/mol. The Kier molecular flexibility index (Phi) is 2.27. The first kappa shape index (κ1) is 10.5. The molecular formula is C11H13N3O3. The molecule has 3 N–H and O–H groups in total. The number of aliphatic hydroxyl groups excluding tert-OH is 1. The molecule has 0 atom stereocenters. The number of H-pyrrole nitrogens is 1. The second-order valence-electron chi connectivity index (χ2n) is 4.45. The van der Waals surface area contributed by atoms with Crippen LogP contribution in [0, 0.1) is 0 Å². The van der Waals surface area contributed by atoms with E-state index in [-0.39, 0.29) is 12.0 Å². The van der Waals surface area contributed by atoms with E-state index in [2.05, 4.69) is 10.1 Å². The van der Waals surface area contributed by atoms with Gasteiger partial charge in [0.25, 0.3) is 5.56 Å². The van der Waals surface area contributed by atoms with E-state index in [1.807, 2.05) is 6.07 Å². The number of nitrogens with zero attached hydrogens (tertiary/aromatic N) is 2. The van der Waals surface area contributed by atoms with Gasteiger partial charge in [-0.1, -0.05) is 0 Å². The van der Waals surface area contributed by atoms with Gasteiger partial charge in [0.1, 0.15) is 0 Å². The van der Waals surface area contributed by atoms with Gasteiger partial charge in [-0.15, -0.1) is 0 Å². The lowest BCUT2D eigenvalue weighted by Gasteiger charge is -2.02. The van der Waals surface area contributed by atoms with Crippen molar-refractivity contribution in [3.05, 3.63) is 33.9 Å². The van der Waals surface area contributed by atoms with Crippen LogP contribution in [-0.2, 0) is 6.42 Å². The maximum absolute atomic E-state index is 12.0. The Labute approximate surface area is 96.5 Å². The second kappa shape index (κ2) is 3.68. The molecule has 1 aliphatic carbocycles. The Morgan fingerprint density at radius 3 is 2.94 bits per heavy atom. The Balaban J connectivity index is 2.09. The van der Waals surface area contributed by atoms with Gasteiger partial charge in [0, 0.05) is 35.9 Å². The van der Waals surface area contributed by atoms with Crippen LogP contribution in [0.1, 0.15) is 30.0 Å². The number of hydrogen-bond acceptors (Lipinski definition) is 4. The third-order valence-corrected chi connectivity index (χ3v) is 3.00. The molecule has 0 aliphatic heterocycles. The molecule has 0 aromatic carbocycles. The third kappa shape index (κ3) is 1.85. The van der Waals surface area contributed by atoms with Gasteiger partial charge in [-0.2, -0.15) is 0 Å². The summed E-state index contributed by atoms with van der Waals surface area (Å²) in [5.74, 6) is 0.517. The van der Waals surface area contributed by atoms with Gasteiger partial charge in [0.05, 0.1) is 0 Å². The maximum Gasteiger partial charge on any atom is 0.276 e. The van der Waals surface area contributed by atoms with Crippen LogP contribution in [0.15, 0.2) is 17.1 Å². The van der Waals surface area contributed by atoms with Crippen LogP contribution in [0.2, 0.25) is 0 Å². The van der Waals surface area contributed by atoms with Crippen molar-refractivity contribution in [3.8, 4) is 0 Å². The molecule has 2 heterocycles. The first-order valence-electron chi connectivity index (χ1n) is 5.61. The number of hydrogen-bond donors (Lipinski definition) is 3. The highest BCUT2D eigenvalue weighted by atomic mass is 16.5. The zero-order chi connectivity index (χ0) is 12.0. The molecule has 17 heavy (non-hydrogen) atoms. The summed E-state index contributed by atoms with van der Waals surface area (Å²) < 4.78 is 1.37. The molecular weight excluding hydrogens is 222 g/mol. The summed E-state index contributed by atoms with van der Waals surface area (Å²) in [5, 5.41) is 20.8. The largest absolute Gasteiger partial charge is 0.368 e. The van der Waals surface area contributed by atoms with Gasteiger partial charge in [-0.25, -0.2) is 9.50 Å². The summed E-state index contributed by atoms with van der Waals surface area (Å²) in [5.41, 5.74) is 1.63. The second-order valence-corrected chi connectivity index (χ2v) is 4.45. The van der Waals surface area contributed by atoms with Crippen LogP contribution >= 0.6 is 0 Å². The molecule has 0 amide bonds. The van der Waals surface area contributed by atoms with E-state index in [0.717, 1.165) is 18.5 Å². The van der Waals surface area contributed by atoms with Crippen LogP contribution in [0.25, 0.3) is 5.65 Å². The average molecular weight is 235 g/mol. The fourth-order valence-corrected chi connectivity index (χ4v) is 1.96. The lowest BCUT2D eigenvalue weighted by atomic mass is 10.2. The molecule has 2 aromatic heterocycles. The Hall–Kier alpha value is -1.66. The predicted octanol–water partition coefficient (Wildman–Crippen LogP) is -0.247. The molecule has 0 unspecified atom stereocenters. The number of fused-ring (bicyclic) bond motifs is 1. The smallest absolute Gasteiger partial charge is 0.276 e. The van der Waals surface area contributed by atoms with E-state index in [9.17, 15) is 4.79 Å². The highest BCUT2D eigenvalue weighted by Crippen LogP contribution is 2.39. The fourth-order valence-electron chi connectivity index (χ4n) is 1.96. The van der Waals surface area contributed by atoms with Crippen LogP contribution in [-0.4, -0.2) is 31.1 Å². The normalized spacial score (nSPS) is 15.9. The van der Waals surface area contributed by atoms with Gasteiger partial charge < -0.3 is 10.2 Å². The third-order valence-electron chi connectivity index (χ3n) is 3.00. The van der Waals surface area contributed by atoms with Crippen molar-refractivity contribution in [2.45, 2.75) is 31.5 Å². The zero-order valence-corrected chi connectivity index (χ0v) is 9.13. The van der Waals surface area contributed by atoms with Gasteiger partial charge in [0.15, 0.2) is 11.9 Å². The summed E-state index contributed by atoms with van der Waals surface area (Å²) in [6.45, 7) is 0. The van der Waals surface area contributed by atoms with E-state index in [0.29, 0.717) is 17.1 Å². The van der Waals surface area contributed by atoms with E-state index in [4.69, 9.17) is 10.2 Å². The van der Waals surface area contributed by atoms with Crippen molar-refractivity contribution in [2.24, 2.45) is 0 Å². The Bertz CT molecular complexity index is 610. The SMILES string of the molecule is O=c1c(CC(O)O)cnc2cc(C3CC3)[nH]n12. The van der Waals surface area contributed by atoms with Crippen molar-refractivity contribution in [1.29, 1.82) is 0 Å².